The molecule has 3 nitrogen and oxygen atoms in total. The molecule has 0 aromatic heterocycles. The molecular formula is C12H26N2O. The Morgan fingerprint density at radius 3 is 2.67 bits per heavy atom. The molecule has 1 saturated heterocycles. The Hall–Kier alpha value is -0.120. The summed E-state index contributed by atoms with van der Waals surface area (Å²) in [4.78, 5) is 2.42. The van der Waals surface area contributed by atoms with E-state index in [1.165, 1.54) is 6.42 Å². The van der Waals surface area contributed by atoms with Crippen LogP contribution in [0.2, 0.25) is 0 Å². The summed E-state index contributed by atoms with van der Waals surface area (Å²) >= 11 is 0. The first-order valence-electron chi connectivity index (χ1n) is 6.15. The Kier molecular flexibility index (Phi) is 5.03. The number of nitrogens with one attached hydrogen (secondary N) is 1. The van der Waals surface area contributed by atoms with Crippen molar-refractivity contribution in [3.8, 4) is 0 Å². The molecule has 0 radical (unpaired) electrons. The van der Waals surface area contributed by atoms with Crippen LogP contribution in [0.3, 0.4) is 0 Å². The van der Waals surface area contributed by atoms with Gasteiger partial charge in [-0.25, -0.2) is 0 Å². The third-order valence-electron chi connectivity index (χ3n) is 3.77. The van der Waals surface area contributed by atoms with E-state index in [0.29, 0.717) is 18.0 Å². The lowest BCUT2D eigenvalue weighted by Gasteiger charge is -2.41. The quantitative estimate of drug-likeness (QED) is 0.735. The number of rotatable bonds is 4. The fourth-order valence-corrected chi connectivity index (χ4v) is 2.38. The van der Waals surface area contributed by atoms with E-state index < -0.39 is 0 Å². The Balaban J connectivity index is 2.47. The standard InChI is InChI=1S/C12H26N2O/c1-5-11(8-15)13-12-6-10(3)14(4)7-9(12)2/h9-13,15H,5-8H2,1-4H3/t9-,10+,11-,12-/m1/s1. The van der Waals surface area contributed by atoms with Crippen LogP contribution in [-0.2, 0) is 0 Å². The number of piperidine rings is 1. The number of hydrogen-bond acceptors (Lipinski definition) is 3. The van der Waals surface area contributed by atoms with E-state index in [1.807, 2.05) is 0 Å². The molecule has 1 aliphatic heterocycles. The van der Waals surface area contributed by atoms with Gasteiger partial charge in [-0.2, -0.15) is 0 Å². The van der Waals surface area contributed by atoms with E-state index in [9.17, 15) is 5.11 Å². The Morgan fingerprint density at radius 1 is 1.47 bits per heavy atom. The maximum absolute atomic E-state index is 9.19. The first kappa shape index (κ1) is 12.9. The maximum atomic E-state index is 9.19. The fourth-order valence-electron chi connectivity index (χ4n) is 2.38. The molecule has 15 heavy (non-hydrogen) atoms. The molecule has 0 saturated carbocycles. The second-order valence-electron chi connectivity index (χ2n) is 5.06. The lowest BCUT2D eigenvalue weighted by atomic mass is 9.89. The van der Waals surface area contributed by atoms with Gasteiger partial charge in [-0.1, -0.05) is 13.8 Å². The van der Waals surface area contributed by atoms with Gasteiger partial charge >= 0.3 is 0 Å². The topological polar surface area (TPSA) is 35.5 Å². The van der Waals surface area contributed by atoms with Crippen LogP contribution in [0.4, 0.5) is 0 Å². The predicted molar refractivity (Wildman–Crippen MR) is 64.0 cm³/mol. The summed E-state index contributed by atoms with van der Waals surface area (Å²) < 4.78 is 0. The number of nitrogens with zero attached hydrogens (tertiary/aromatic N) is 1. The third kappa shape index (κ3) is 3.44. The van der Waals surface area contributed by atoms with E-state index in [1.54, 1.807) is 0 Å². The Morgan fingerprint density at radius 2 is 2.13 bits per heavy atom. The van der Waals surface area contributed by atoms with Gasteiger partial charge in [0.2, 0.25) is 0 Å². The van der Waals surface area contributed by atoms with Gasteiger partial charge in [-0.3, -0.25) is 0 Å². The lowest BCUT2D eigenvalue weighted by molar-refractivity contribution is 0.106. The van der Waals surface area contributed by atoms with Crippen molar-refractivity contribution < 1.29 is 5.11 Å². The van der Waals surface area contributed by atoms with E-state index in [-0.39, 0.29) is 12.6 Å². The van der Waals surface area contributed by atoms with Crippen molar-refractivity contribution in [3.05, 3.63) is 0 Å². The minimum atomic E-state index is 0.254. The first-order valence-corrected chi connectivity index (χ1v) is 6.15. The highest BCUT2D eigenvalue weighted by Crippen LogP contribution is 2.21. The summed E-state index contributed by atoms with van der Waals surface area (Å²) in [5.74, 6) is 0.673. The second kappa shape index (κ2) is 5.83. The molecule has 90 valence electrons. The molecule has 0 amide bonds. The molecule has 1 heterocycles. The number of likely N-dealkylation sites (tertiary alicyclic amines) is 1. The number of aliphatic hydroxyl groups is 1. The van der Waals surface area contributed by atoms with Gasteiger partial charge in [0.15, 0.2) is 0 Å². The summed E-state index contributed by atoms with van der Waals surface area (Å²) in [6, 6.07) is 1.48. The fraction of sp³-hybridized carbons (Fsp3) is 1.00. The Labute approximate surface area is 93.9 Å². The summed E-state index contributed by atoms with van der Waals surface area (Å²) in [6.07, 6.45) is 2.19. The van der Waals surface area contributed by atoms with Crippen molar-refractivity contribution in [2.75, 3.05) is 20.2 Å². The number of hydrogen-bond donors (Lipinski definition) is 2. The van der Waals surface area contributed by atoms with Crippen LogP contribution in [0.15, 0.2) is 0 Å². The van der Waals surface area contributed by atoms with Gasteiger partial charge in [0.25, 0.3) is 0 Å². The molecule has 0 bridgehead atoms. The van der Waals surface area contributed by atoms with E-state index in [2.05, 4.69) is 38.0 Å². The second-order valence-corrected chi connectivity index (χ2v) is 5.06. The first-order chi connectivity index (χ1) is 7.08. The van der Waals surface area contributed by atoms with Gasteiger partial charge in [0.05, 0.1) is 6.61 Å². The minimum Gasteiger partial charge on any atom is -0.395 e. The number of aliphatic hydroxyl groups excluding tert-OH is 1. The van der Waals surface area contributed by atoms with Gasteiger partial charge in [0.1, 0.15) is 0 Å². The molecule has 0 aromatic rings. The van der Waals surface area contributed by atoms with Crippen molar-refractivity contribution in [3.63, 3.8) is 0 Å². The Bertz CT molecular complexity index is 182. The van der Waals surface area contributed by atoms with Crippen LogP contribution in [-0.4, -0.2) is 48.3 Å². The zero-order valence-electron chi connectivity index (χ0n) is 10.5. The summed E-state index contributed by atoms with van der Waals surface area (Å²) in [5, 5.41) is 12.8. The molecule has 1 rings (SSSR count). The summed E-state index contributed by atoms with van der Waals surface area (Å²) in [5.41, 5.74) is 0. The molecule has 0 spiro atoms. The monoisotopic (exact) mass is 214 g/mol. The summed E-state index contributed by atoms with van der Waals surface area (Å²) in [7, 11) is 2.20. The van der Waals surface area contributed by atoms with Gasteiger partial charge < -0.3 is 15.3 Å². The highest BCUT2D eigenvalue weighted by atomic mass is 16.3. The average molecular weight is 214 g/mol. The van der Waals surface area contributed by atoms with Crippen molar-refractivity contribution in [1.82, 2.24) is 10.2 Å². The molecule has 1 fully saturated rings. The minimum absolute atomic E-state index is 0.254. The third-order valence-corrected chi connectivity index (χ3v) is 3.77. The van der Waals surface area contributed by atoms with Crippen LogP contribution in [0, 0.1) is 5.92 Å². The smallest absolute Gasteiger partial charge is 0.0584 e. The van der Waals surface area contributed by atoms with Crippen LogP contribution < -0.4 is 5.32 Å². The molecule has 0 aromatic carbocycles. The largest absolute Gasteiger partial charge is 0.395 e. The lowest BCUT2D eigenvalue weighted by Crippen LogP contribution is -2.53. The highest BCUT2D eigenvalue weighted by Gasteiger charge is 2.29. The van der Waals surface area contributed by atoms with Crippen molar-refractivity contribution in [2.45, 2.75) is 51.7 Å². The van der Waals surface area contributed by atoms with Gasteiger partial charge in [-0.15, -0.1) is 0 Å². The van der Waals surface area contributed by atoms with E-state index in [0.717, 1.165) is 13.0 Å². The van der Waals surface area contributed by atoms with E-state index in [4.69, 9.17) is 0 Å². The van der Waals surface area contributed by atoms with Gasteiger partial charge in [-0.05, 0) is 32.7 Å². The van der Waals surface area contributed by atoms with Crippen molar-refractivity contribution in [1.29, 1.82) is 0 Å². The molecule has 2 N–H and O–H groups in total. The predicted octanol–water partition coefficient (Wildman–Crippen LogP) is 1.08. The molecule has 0 aliphatic carbocycles. The van der Waals surface area contributed by atoms with Crippen molar-refractivity contribution in [2.24, 2.45) is 5.92 Å². The summed E-state index contributed by atoms with van der Waals surface area (Å²) in [6.45, 7) is 8.10. The average Bonchev–Trinajstić information content (AvgIpc) is 2.21. The molecule has 0 unspecified atom stereocenters. The van der Waals surface area contributed by atoms with Crippen LogP contribution in [0.5, 0.6) is 0 Å². The zero-order valence-corrected chi connectivity index (χ0v) is 10.5. The molecule has 1 aliphatic rings. The molecular weight excluding hydrogens is 188 g/mol. The maximum Gasteiger partial charge on any atom is 0.0584 e. The molecule has 3 heteroatoms. The van der Waals surface area contributed by atoms with Crippen LogP contribution in [0.1, 0.15) is 33.6 Å². The molecule has 4 atom stereocenters. The van der Waals surface area contributed by atoms with Crippen molar-refractivity contribution >= 4 is 0 Å². The van der Waals surface area contributed by atoms with Crippen LogP contribution >= 0.6 is 0 Å². The highest BCUT2D eigenvalue weighted by molar-refractivity contribution is 4.87. The zero-order chi connectivity index (χ0) is 11.4. The van der Waals surface area contributed by atoms with Gasteiger partial charge in [0, 0.05) is 24.7 Å². The SMILES string of the molecule is CC[C@H](CO)N[C@@H]1C[C@H](C)N(C)C[C@H]1C. The van der Waals surface area contributed by atoms with Crippen LogP contribution in [0.25, 0.3) is 0 Å². The van der Waals surface area contributed by atoms with E-state index >= 15 is 0 Å². The normalized spacial score (nSPS) is 35.4.